The third-order valence-electron chi connectivity index (χ3n) is 6.05. The van der Waals surface area contributed by atoms with Crippen LogP contribution in [0.2, 0.25) is 0 Å². The molecule has 1 aliphatic heterocycles. The Labute approximate surface area is 189 Å². The number of H-pyrrole nitrogens is 1. The van der Waals surface area contributed by atoms with Crippen LogP contribution in [0, 0.1) is 5.92 Å². The van der Waals surface area contributed by atoms with Gasteiger partial charge in [-0.3, -0.25) is 19.1 Å². The number of nitrogens with one attached hydrogen (secondary N) is 1. The van der Waals surface area contributed by atoms with E-state index in [1.165, 1.54) is 10.1 Å². The Bertz CT molecular complexity index is 1060. The lowest BCUT2D eigenvalue weighted by atomic mass is 10.00. The van der Waals surface area contributed by atoms with Crippen molar-refractivity contribution in [2.24, 2.45) is 5.92 Å². The molecule has 0 saturated heterocycles. The van der Waals surface area contributed by atoms with Crippen molar-refractivity contribution in [3.63, 3.8) is 0 Å². The second-order valence-electron chi connectivity index (χ2n) is 8.94. The lowest BCUT2D eigenvalue weighted by molar-refractivity contribution is -0.130. The van der Waals surface area contributed by atoms with E-state index >= 15 is 0 Å². The van der Waals surface area contributed by atoms with Crippen LogP contribution in [0.15, 0.2) is 33.9 Å². The van der Waals surface area contributed by atoms with Crippen LogP contribution in [0.3, 0.4) is 0 Å². The number of hydrogen-bond acceptors (Lipinski definition) is 5. The summed E-state index contributed by atoms with van der Waals surface area (Å²) in [6.45, 7) is 8.42. The Morgan fingerprint density at radius 3 is 2.62 bits per heavy atom. The van der Waals surface area contributed by atoms with Crippen LogP contribution < -0.4 is 21.9 Å². The average Bonchev–Trinajstić information content (AvgIpc) is 2.76. The van der Waals surface area contributed by atoms with Crippen LogP contribution in [-0.4, -0.2) is 40.0 Å². The number of aromatic amines is 1. The molecule has 0 unspecified atom stereocenters. The van der Waals surface area contributed by atoms with Crippen molar-refractivity contribution in [2.45, 2.75) is 59.5 Å². The van der Waals surface area contributed by atoms with Crippen molar-refractivity contribution in [2.75, 3.05) is 30.3 Å². The molecule has 0 radical (unpaired) electrons. The minimum atomic E-state index is -0.541. The predicted molar refractivity (Wildman–Crippen MR) is 128 cm³/mol. The molecule has 0 aliphatic carbocycles. The molecule has 8 nitrogen and oxygen atoms in total. The zero-order valence-electron chi connectivity index (χ0n) is 19.4. The zero-order valence-corrected chi connectivity index (χ0v) is 19.4. The molecule has 1 amide bonds. The van der Waals surface area contributed by atoms with Crippen molar-refractivity contribution in [3.05, 3.63) is 56.2 Å². The number of anilines is 2. The first-order chi connectivity index (χ1) is 15.3. The van der Waals surface area contributed by atoms with E-state index in [1.54, 1.807) is 4.90 Å². The number of hydrogen-bond donors (Lipinski definition) is 2. The van der Waals surface area contributed by atoms with Gasteiger partial charge in [0.2, 0.25) is 5.91 Å². The Morgan fingerprint density at radius 1 is 1.22 bits per heavy atom. The molecule has 0 saturated carbocycles. The molecule has 0 atom stereocenters. The van der Waals surface area contributed by atoms with Crippen molar-refractivity contribution < 1.29 is 4.79 Å². The average molecular weight is 442 g/mol. The quantitative estimate of drug-likeness (QED) is 0.622. The first-order valence-electron chi connectivity index (χ1n) is 11.5. The molecule has 8 heteroatoms. The van der Waals surface area contributed by atoms with Gasteiger partial charge in [0.15, 0.2) is 0 Å². The Morgan fingerprint density at radius 2 is 1.94 bits per heavy atom. The summed E-state index contributed by atoms with van der Waals surface area (Å²) in [7, 11) is 0. The molecule has 0 spiro atoms. The first kappa shape index (κ1) is 23.6. The molecule has 1 aromatic heterocycles. The molecule has 1 aromatic carbocycles. The van der Waals surface area contributed by atoms with Crippen LogP contribution >= 0.6 is 0 Å². The van der Waals surface area contributed by atoms with Gasteiger partial charge in [-0.1, -0.05) is 51.5 Å². The van der Waals surface area contributed by atoms with Gasteiger partial charge >= 0.3 is 5.69 Å². The fraction of sp³-hybridized carbons (Fsp3) is 0.542. The number of nitrogen functional groups attached to an aromatic ring is 1. The standard InChI is InChI=1S/C24H35N5O3/c1-4-5-12-29-22(25)21(23(31)26-24(29)32)28(13-10-17(2)3)16-20(30)27-14-11-18-8-6-7-9-19(18)15-27/h6-9,17H,4-5,10-16,25H2,1-3H3,(H,26,31,32). The van der Waals surface area contributed by atoms with Crippen molar-refractivity contribution in [1.82, 2.24) is 14.5 Å². The van der Waals surface area contributed by atoms with Crippen LogP contribution in [0.5, 0.6) is 0 Å². The minimum absolute atomic E-state index is 0.0478. The molecule has 0 fully saturated rings. The largest absolute Gasteiger partial charge is 0.383 e. The number of aromatic nitrogens is 2. The van der Waals surface area contributed by atoms with Gasteiger partial charge in [-0.15, -0.1) is 0 Å². The molecule has 1 aliphatic rings. The van der Waals surface area contributed by atoms with Crippen LogP contribution in [0.4, 0.5) is 11.5 Å². The zero-order chi connectivity index (χ0) is 23.3. The summed E-state index contributed by atoms with van der Waals surface area (Å²) in [6, 6.07) is 8.16. The third kappa shape index (κ3) is 5.41. The van der Waals surface area contributed by atoms with E-state index in [1.807, 2.05) is 24.0 Å². The summed E-state index contributed by atoms with van der Waals surface area (Å²) < 4.78 is 1.41. The number of amides is 1. The fourth-order valence-corrected chi connectivity index (χ4v) is 4.08. The highest BCUT2D eigenvalue weighted by Gasteiger charge is 2.25. The molecule has 174 valence electrons. The van der Waals surface area contributed by atoms with E-state index in [-0.39, 0.29) is 24.0 Å². The smallest absolute Gasteiger partial charge is 0.330 e. The summed E-state index contributed by atoms with van der Waals surface area (Å²) in [4.78, 5) is 44.3. The topological polar surface area (TPSA) is 104 Å². The van der Waals surface area contributed by atoms with Gasteiger partial charge in [0.25, 0.3) is 5.56 Å². The number of nitrogens with two attached hydrogens (primary N) is 1. The maximum Gasteiger partial charge on any atom is 0.330 e. The summed E-state index contributed by atoms with van der Waals surface area (Å²) in [5, 5.41) is 0. The number of benzene rings is 1. The molecule has 2 aromatic rings. The van der Waals surface area contributed by atoms with Gasteiger partial charge in [0.1, 0.15) is 11.5 Å². The predicted octanol–water partition coefficient (Wildman–Crippen LogP) is 2.36. The number of rotatable bonds is 9. The molecule has 3 N–H and O–H groups in total. The molecule has 3 rings (SSSR count). The van der Waals surface area contributed by atoms with Crippen molar-refractivity contribution >= 4 is 17.4 Å². The number of carbonyl (C=O) groups excluding carboxylic acids is 1. The molecule has 2 heterocycles. The fourth-order valence-electron chi connectivity index (χ4n) is 4.08. The summed E-state index contributed by atoms with van der Waals surface area (Å²) in [6.07, 6.45) is 3.28. The monoisotopic (exact) mass is 441 g/mol. The Balaban J connectivity index is 1.88. The molecular formula is C24H35N5O3. The van der Waals surface area contributed by atoms with Gasteiger partial charge in [0.05, 0.1) is 6.54 Å². The number of unbranched alkanes of at least 4 members (excludes halogenated alkanes) is 1. The van der Waals surface area contributed by atoms with Crippen LogP contribution in [-0.2, 0) is 24.3 Å². The lowest BCUT2D eigenvalue weighted by Gasteiger charge is -2.32. The molecule has 0 bridgehead atoms. The van der Waals surface area contributed by atoms with E-state index in [0.29, 0.717) is 32.1 Å². The summed E-state index contributed by atoms with van der Waals surface area (Å²) >= 11 is 0. The van der Waals surface area contributed by atoms with E-state index in [4.69, 9.17) is 5.73 Å². The van der Waals surface area contributed by atoms with E-state index in [9.17, 15) is 14.4 Å². The van der Waals surface area contributed by atoms with Gasteiger partial charge in [0, 0.05) is 26.2 Å². The van der Waals surface area contributed by atoms with Gasteiger partial charge in [-0.25, -0.2) is 4.79 Å². The van der Waals surface area contributed by atoms with E-state index in [2.05, 4.69) is 31.0 Å². The first-order valence-corrected chi connectivity index (χ1v) is 11.5. The van der Waals surface area contributed by atoms with Crippen LogP contribution in [0.25, 0.3) is 0 Å². The Hall–Kier alpha value is -3.03. The highest BCUT2D eigenvalue weighted by Crippen LogP contribution is 2.21. The van der Waals surface area contributed by atoms with Crippen molar-refractivity contribution in [1.29, 1.82) is 0 Å². The van der Waals surface area contributed by atoms with E-state index in [0.717, 1.165) is 31.2 Å². The molecular weight excluding hydrogens is 406 g/mol. The van der Waals surface area contributed by atoms with Gasteiger partial charge in [-0.05, 0) is 36.3 Å². The molecule has 32 heavy (non-hydrogen) atoms. The summed E-state index contributed by atoms with van der Waals surface area (Å²) in [5.41, 5.74) is 7.93. The third-order valence-corrected chi connectivity index (χ3v) is 6.05. The van der Waals surface area contributed by atoms with Gasteiger partial charge < -0.3 is 15.5 Å². The minimum Gasteiger partial charge on any atom is -0.383 e. The highest BCUT2D eigenvalue weighted by molar-refractivity contribution is 5.83. The van der Waals surface area contributed by atoms with Gasteiger partial charge in [-0.2, -0.15) is 0 Å². The second kappa shape index (κ2) is 10.5. The normalized spacial score (nSPS) is 13.3. The maximum atomic E-state index is 13.2. The number of fused-ring (bicyclic) bond motifs is 1. The maximum absolute atomic E-state index is 13.2. The summed E-state index contributed by atoms with van der Waals surface area (Å²) in [5.74, 6) is 0.474. The SMILES string of the molecule is CCCCn1c(N)c(N(CCC(C)C)CC(=O)N2CCc3ccccc3C2)c(=O)[nH]c1=O. The van der Waals surface area contributed by atoms with Crippen LogP contribution in [0.1, 0.15) is 51.2 Å². The van der Waals surface area contributed by atoms with E-state index < -0.39 is 11.2 Å². The lowest BCUT2D eigenvalue weighted by Crippen LogP contribution is -2.46. The number of carbonyl (C=O) groups is 1. The Kier molecular flexibility index (Phi) is 7.77. The van der Waals surface area contributed by atoms with Crippen molar-refractivity contribution in [3.8, 4) is 0 Å². The number of nitrogens with zero attached hydrogens (tertiary/aromatic N) is 3. The second-order valence-corrected chi connectivity index (χ2v) is 8.94. The highest BCUT2D eigenvalue weighted by atomic mass is 16.2.